The Hall–Kier alpha value is -1.15. The fourth-order valence-corrected chi connectivity index (χ4v) is 2.26. The lowest BCUT2D eigenvalue weighted by Gasteiger charge is -2.05. The lowest BCUT2D eigenvalue weighted by atomic mass is 10.2. The van der Waals surface area contributed by atoms with Crippen molar-refractivity contribution >= 4 is 57.6 Å². The molecule has 0 fully saturated rings. The normalized spacial score (nSPS) is 13.6. The zero-order valence-electron chi connectivity index (χ0n) is 7.61. The van der Waals surface area contributed by atoms with Gasteiger partial charge in [-0.15, -0.1) is 0 Å². The highest BCUT2D eigenvalue weighted by molar-refractivity contribution is 7.58. The van der Waals surface area contributed by atoms with E-state index in [2.05, 4.69) is 13.7 Å². The molecule has 84 valence electrons. The highest BCUT2D eigenvalue weighted by atomic mass is 35.5. The minimum atomic E-state index is -0.196. The molecule has 0 saturated heterocycles. The number of nitrogens with two attached hydrogens (primary N) is 1. The van der Waals surface area contributed by atoms with Gasteiger partial charge in [0.15, 0.2) is 0 Å². The fourth-order valence-electron chi connectivity index (χ4n) is 1.11. The van der Waals surface area contributed by atoms with Gasteiger partial charge in [-0.3, -0.25) is 5.21 Å². The predicted octanol–water partition coefficient (Wildman–Crippen LogP) is 2.64. The molecule has 2 rings (SSSR count). The van der Waals surface area contributed by atoms with Crippen LogP contribution in [0.15, 0.2) is 19.8 Å². The summed E-state index contributed by atoms with van der Waals surface area (Å²) in [6.45, 7) is 0. The summed E-state index contributed by atoms with van der Waals surface area (Å²) in [6.07, 6.45) is 0. The first-order valence-corrected chi connectivity index (χ1v) is 5.46. The molecular weight excluding hydrogens is 273 g/mol. The summed E-state index contributed by atoms with van der Waals surface area (Å²) in [7, 11) is 0. The van der Waals surface area contributed by atoms with Crippen molar-refractivity contribution < 1.29 is 5.21 Å². The second-order valence-corrected chi connectivity index (χ2v) is 4.10. The molecule has 6 nitrogen and oxygen atoms in total. The van der Waals surface area contributed by atoms with Gasteiger partial charge >= 0.3 is 0 Å². The second-order valence-electron chi connectivity index (χ2n) is 2.76. The van der Waals surface area contributed by atoms with Crippen LogP contribution in [0.1, 0.15) is 0 Å². The number of nitrogens with one attached hydrogen (secondary N) is 1. The standard InChI is InChI=1S/C7H5Cl2N5OS/c8-2-1-3(9)5-6(14-16-13-5)4(2)11-7(10)12-15/h1,15H,(H3,10,11,12). The van der Waals surface area contributed by atoms with Crippen LogP contribution in [-0.2, 0) is 11.4 Å². The maximum Gasteiger partial charge on any atom is 0.218 e. The van der Waals surface area contributed by atoms with E-state index < -0.39 is 0 Å². The fraction of sp³-hybridized carbons (Fsp3) is 0. The number of halogens is 2. The van der Waals surface area contributed by atoms with Crippen molar-refractivity contribution in [3.8, 4) is 0 Å². The zero-order valence-corrected chi connectivity index (χ0v) is 9.94. The maximum atomic E-state index is 8.56. The quantitative estimate of drug-likeness (QED) is 0.425. The van der Waals surface area contributed by atoms with E-state index in [9.17, 15) is 0 Å². The van der Waals surface area contributed by atoms with E-state index in [1.54, 1.807) is 5.48 Å². The largest absolute Gasteiger partial charge is 0.368 e. The minimum absolute atomic E-state index is 0.196. The molecule has 0 aromatic heterocycles. The molecule has 0 radical (unpaired) electrons. The summed E-state index contributed by atoms with van der Waals surface area (Å²) >= 11 is 12.9. The van der Waals surface area contributed by atoms with Crippen LogP contribution >= 0.6 is 23.2 Å². The Bertz CT molecular complexity index is 552. The lowest BCUT2D eigenvalue weighted by molar-refractivity contribution is 0.233. The molecule has 0 bridgehead atoms. The first-order chi connectivity index (χ1) is 7.63. The number of rotatable bonds is 1. The van der Waals surface area contributed by atoms with Crippen molar-refractivity contribution in [2.75, 3.05) is 0 Å². The molecule has 0 unspecified atom stereocenters. The van der Waals surface area contributed by atoms with Gasteiger partial charge in [0, 0.05) is 0 Å². The van der Waals surface area contributed by atoms with Crippen molar-refractivity contribution in [3.63, 3.8) is 0 Å². The smallest absolute Gasteiger partial charge is 0.218 e. The van der Waals surface area contributed by atoms with E-state index in [0.717, 1.165) is 11.4 Å². The number of benzene rings is 1. The Morgan fingerprint density at radius 3 is 2.75 bits per heavy atom. The van der Waals surface area contributed by atoms with Crippen LogP contribution in [0.25, 0.3) is 0 Å². The molecule has 1 aromatic carbocycles. The zero-order chi connectivity index (χ0) is 11.7. The third-order valence-corrected chi connectivity index (χ3v) is 2.87. The SMILES string of the molecule is NC(=Nc1c(Cl)cc(Cl)c2c1N=S=N2)NO. The monoisotopic (exact) mass is 277 g/mol. The van der Waals surface area contributed by atoms with E-state index in [-0.39, 0.29) is 11.0 Å². The van der Waals surface area contributed by atoms with Gasteiger partial charge in [-0.25, -0.2) is 10.5 Å². The van der Waals surface area contributed by atoms with Gasteiger partial charge in [0.25, 0.3) is 0 Å². The van der Waals surface area contributed by atoms with E-state index in [0.29, 0.717) is 22.1 Å². The van der Waals surface area contributed by atoms with Gasteiger partial charge in [0.1, 0.15) is 17.1 Å². The molecule has 1 heterocycles. The summed E-state index contributed by atoms with van der Waals surface area (Å²) < 4.78 is 8.02. The molecule has 9 heteroatoms. The van der Waals surface area contributed by atoms with E-state index in [1.807, 2.05) is 0 Å². The van der Waals surface area contributed by atoms with Gasteiger partial charge in [-0.2, -0.15) is 8.73 Å². The van der Waals surface area contributed by atoms with Gasteiger partial charge in [-0.1, -0.05) is 23.2 Å². The molecule has 16 heavy (non-hydrogen) atoms. The third-order valence-electron chi connectivity index (χ3n) is 1.77. The number of hydroxylamine groups is 1. The highest BCUT2D eigenvalue weighted by Gasteiger charge is 2.18. The predicted molar refractivity (Wildman–Crippen MR) is 64.2 cm³/mol. The summed E-state index contributed by atoms with van der Waals surface area (Å²) in [5.41, 5.74) is 8.29. The molecule has 0 aliphatic carbocycles. The van der Waals surface area contributed by atoms with Gasteiger partial charge in [0.05, 0.1) is 21.4 Å². The van der Waals surface area contributed by atoms with E-state index >= 15 is 0 Å². The summed E-state index contributed by atoms with van der Waals surface area (Å²) in [4.78, 5) is 3.87. The van der Waals surface area contributed by atoms with Crippen molar-refractivity contribution in [2.45, 2.75) is 0 Å². The Morgan fingerprint density at radius 1 is 1.38 bits per heavy atom. The number of nitrogens with zero attached hydrogens (tertiary/aromatic N) is 3. The van der Waals surface area contributed by atoms with Crippen molar-refractivity contribution in [1.82, 2.24) is 5.48 Å². The first kappa shape index (κ1) is 11.3. The molecular formula is C7H5Cl2N5OS. The number of guanidine groups is 1. The molecule has 0 amide bonds. The van der Waals surface area contributed by atoms with Crippen LogP contribution in [0.2, 0.25) is 10.0 Å². The van der Waals surface area contributed by atoms with Crippen molar-refractivity contribution in [1.29, 1.82) is 0 Å². The number of hydrogen-bond donors (Lipinski definition) is 3. The van der Waals surface area contributed by atoms with Crippen LogP contribution in [-0.4, -0.2) is 11.2 Å². The second kappa shape index (κ2) is 4.38. The van der Waals surface area contributed by atoms with E-state index in [4.69, 9.17) is 34.1 Å². The number of fused-ring (bicyclic) bond motifs is 1. The van der Waals surface area contributed by atoms with Crippen molar-refractivity contribution in [2.24, 2.45) is 19.5 Å². The van der Waals surface area contributed by atoms with Gasteiger partial charge in [0.2, 0.25) is 5.96 Å². The molecule has 0 spiro atoms. The topological polar surface area (TPSA) is 95.4 Å². The van der Waals surface area contributed by atoms with Crippen LogP contribution in [0.4, 0.5) is 17.1 Å². The Labute approximate surface area is 104 Å². The summed E-state index contributed by atoms with van der Waals surface area (Å²) in [5.74, 6) is -0.196. The molecule has 4 N–H and O–H groups in total. The average Bonchev–Trinajstić information content (AvgIpc) is 2.73. The van der Waals surface area contributed by atoms with Crippen LogP contribution < -0.4 is 11.2 Å². The Balaban J connectivity index is 2.64. The molecule has 1 aliphatic rings. The Kier molecular flexibility index (Phi) is 3.10. The average molecular weight is 278 g/mol. The maximum absolute atomic E-state index is 8.56. The number of aliphatic imine (C=N–C) groups is 1. The van der Waals surface area contributed by atoms with Gasteiger partial charge in [-0.05, 0) is 6.07 Å². The lowest BCUT2D eigenvalue weighted by Crippen LogP contribution is -2.27. The molecule has 0 saturated carbocycles. The third kappa shape index (κ3) is 1.90. The molecule has 1 aliphatic heterocycles. The van der Waals surface area contributed by atoms with Gasteiger partial charge < -0.3 is 5.73 Å². The first-order valence-electron chi connectivity index (χ1n) is 3.98. The van der Waals surface area contributed by atoms with Crippen LogP contribution in [0.5, 0.6) is 0 Å². The highest BCUT2D eigenvalue weighted by Crippen LogP contribution is 2.48. The number of hydrogen-bond acceptors (Lipinski definition) is 4. The summed E-state index contributed by atoms with van der Waals surface area (Å²) in [5, 5.41) is 9.23. The summed E-state index contributed by atoms with van der Waals surface area (Å²) in [6, 6.07) is 1.50. The van der Waals surface area contributed by atoms with E-state index in [1.165, 1.54) is 6.07 Å². The molecule has 0 atom stereocenters. The van der Waals surface area contributed by atoms with Crippen LogP contribution in [0.3, 0.4) is 0 Å². The van der Waals surface area contributed by atoms with Crippen LogP contribution in [0, 0.1) is 0 Å². The minimum Gasteiger partial charge on any atom is -0.368 e. The van der Waals surface area contributed by atoms with Crippen molar-refractivity contribution in [3.05, 3.63) is 16.1 Å². The molecule has 1 aromatic rings. The Morgan fingerprint density at radius 2 is 2.06 bits per heavy atom.